The zero-order valence-corrected chi connectivity index (χ0v) is 15.5. The van der Waals surface area contributed by atoms with Gasteiger partial charge < -0.3 is 15.2 Å². The van der Waals surface area contributed by atoms with Crippen LogP contribution in [0.5, 0.6) is 0 Å². The van der Waals surface area contributed by atoms with Gasteiger partial charge >= 0.3 is 11.9 Å². The summed E-state index contributed by atoms with van der Waals surface area (Å²) in [6.07, 6.45) is 6.77. The molecule has 1 saturated heterocycles. The van der Waals surface area contributed by atoms with E-state index in [1.165, 1.54) is 19.0 Å². The van der Waals surface area contributed by atoms with Gasteiger partial charge in [-0.05, 0) is 18.1 Å². The molecule has 1 unspecified atom stereocenters. The van der Waals surface area contributed by atoms with Gasteiger partial charge in [0.15, 0.2) is 0 Å². The lowest BCUT2D eigenvalue weighted by Crippen LogP contribution is -2.56. The summed E-state index contributed by atoms with van der Waals surface area (Å²) in [4.78, 5) is 36.3. The molecule has 8 nitrogen and oxygen atoms in total. The standard InChI is InChI=1S/C17H23N3O5S/c1-10(21)20(19-12-8-14(16(22)23)18-9-12)15(17(24)25-2)7-11-3-5-13(26)6-4-11/h3-5,12,14-15,18-19H,6-9H2,1-2H3,(H,22,23)/t12?,14-,15-/m0/s1. The molecule has 142 valence electrons. The highest BCUT2D eigenvalue weighted by atomic mass is 32.1. The van der Waals surface area contributed by atoms with Crippen LogP contribution >= 0.6 is 12.2 Å². The molecule has 1 aliphatic carbocycles. The van der Waals surface area contributed by atoms with Crippen LogP contribution in [0, 0.1) is 0 Å². The summed E-state index contributed by atoms with van der Waals surface area (Å²) in [5.74, 6) is -1.84. The second kappa shape index (κ2) is 9.02. The third-order valence-electron chi connectivity index (χ3n) is 4.35. The first-order valence-electron chi connectivity index (χ1n) is 8.31. The second-order valence-corrected chi connectivity index (χ2v) is 6.80. The van der Waals surface area contributed by atoms with Crippen molar-refractivity contribution < 1.29 is 24.2 Å². The first-order valence-corrected chi connectivity index (χ1v) is 8.72. The maximum Gasteiger partial charge on any atom is 0.330 e. The molecular weight excluding hydrogens is 358 g/mol. The number of hydrazine groups is 1. The molecule has 2 rings (SSSR count). The van der Waals surface area contributed by atoms with Crippen LogP contribution in [0.25, 0.3) is 0 Å². The van der Waals surface area contributed by atoms with Gasteiger partial charge in [0.1, 0.15) is 12.1 Å². The number of rotatable bonds is 7. The Morgan fingerprint density at radius 1 is 1.46 bits per heavy atom. The first kappa shape index (κ1) is 20.2. The number of allylic oxidation sites excluding steroid dienone is 3. The second-order valence-electron chi connectivity index (χ2n) is 6.28. The molecule has 1 aliphatic heterocycles. The van der Waals surface area contributed by atoms with Gasteiger partial charge in [0.05, 0.1) is 7.11 Å². The predicted molar refractivity (Wildman–Crippen MR) is 98.3 cm³/mol. The quantitative estimate of drug-likeness (QED) is 0.329. The molecule has 1 amide bonds. The monoisotopic (exact) mass is 381 g/mol. The third kappa shape index (κ3) is 5.20. The normalized spacial score (nSPS) is 23.3. The average molecular weight is 381 g/mol. The Morgan fingerprint density at radius 2 is 2.19 bits per heavy atom. The van der Waals surface area contributed by atoms with Crippen LogP contribution in [0.3, 0.4) is 0 Å². The summed E-state index contributed by atoms with van der Waals surface area (Å²) in [6, 6.07) is -1.82. The lowest BCUT2D eigenvalue weighted by atomic mass is 9.99. The number of carboxylic acids is 1. The van der Waals surface area contributed by atoms with Gasteiger partial charge in [-0.1, -0.05) is 24.4 Å². The van der Waals surface area contributed by atoms with Crippen molar-refractivity contribution in [3.63, 3.8) is 0 Å². The number of esters is 1. The molecular formula is C17H23N3O5S. The summed E-state index contributed by atoms with van der Waals surface area (Å²) in [5, 5.41) is 13.2. The minimum atomic E-state index is -0.943. The van der Waals surface area contributed by atoms with E-state index in [2.05, 4.69) is 10.7 Å². The first-order chi connectivity index (χ1) is 12.3. The lowest BCUT2D eigenvalue weighted by molar-refractivity contribution is -0.155. The number of amides is 1. The van der Waals surface area contributed by atoms with Crippen LogP contribution in [0.15, 0.2) is 23.8 Å². The minimum Gasteiger partial charge on any atom is -0.480 e. The Kier molecular flexibility index (Phi) is 7.01. The third-order valence-corrected chi connectivity index (χ3v) is 4.66. The van der Waals surface area contributed by atoms with Crippen molar-refractivity contribution in [2.24, 2.45) is 0 Å². The van der Waals surface area contributed by atoms with E-state index < -0.39 is 24.0 Å². The highest BCUT2D eigenvalue weighted by molar-refractivity contribution is 7.80. The van der Waals surface area contributed by atoms with E-state index >= 15 is 0 Å². The van der Waals surface area contributed by atoms with E-state index in [0.717, 1.165) is 10.4 Å². The van der Waals surface area contributed by atoms with Gasteiger partial charge in [-0.3, -0.25) is 14.6 Å². The van der Waals surface area contributed by atoms with Crippen LogP contribution in [-0.4, -0.2) is 64.6 Å². The highest BCUT2D eigenvalue weighted by Crippen LogP contribution is 2.19. The fraction of sp³-hybridized carbons (Fsp3) is 0.529. The van der Waals surface area contributed by atoms with Crippen LogP contribution in [0.2, 0.25) is 0 Å². The fourth-order valence-electron chi connectivity index (χ4n) is 2.98. The number of methoxy groups -OCH3 is 1. The van der Waals surface area contributed by atoms with Gasteiger partial charge in [0, 0.05) is 37.2 Å². The number of nitrogens with zero attached hydrogens (tertiary/aromatic N) is 1. The molecule has 1 heterocycles. The summed E-state index contributed by atoms with van der Waals surface area (Å²) < 4.78 is 4.87. The molecule has 0 radical (unpaired) electrons. The molecule has 0 aromatic heterocycles. The average Bonchev–Trinajstić information content (AvgIpc) is 3.07. The van der Waals surface area contributed by atoms with Crippen molar-refractivity contribution in [1.82, 2.24) is 15.8 Å². The number of carboxylic acid groups (broad SMARTS) is 1. The molecule has 0 saturated carbocycles. The van der Waals surface area contributed by atoms with Crippen LogP contribution in [-0.2, 0) is 19.1 Å². The van der Waals surface area contributed by atoms with E-state index in [0.29, 0.717) is 19.4 Å². The van der Waals surface area contributed by atoms with Crippen molar-refractivity contribution in [3.8, 4) is 0 Å². The molecule has 0 aromatic rings. The SMILES string of the molecule is COC(=O)[C@H](CC1=CCC(=S)C=C1)N(NC1CN[C@H](C(=O)O)C1)C(C)=O. The lowest BCUT2D eigenvalue weighted by Gasteiger charge is -2.32. The van der Waals surface area contributed by atoms with E-state index in [4.69, 9.17) is 22.1 Å². The molecule has 3 N–H and O–H groups in total. The van der Waals surface area contributed by atoms with E-state index in [9.17, 15) is 14.4 Å². The van der Waals surface area contributed by atoms with Crippen molar-refractivity contribution in [3.05, 3.63) is 23.8 Å². The van der Waals surface area contributed by atoms with Crippen molar-refractivity contribution in [2.75, 3.05) is 13.7 Å². The Balaban J connectivity index is 2.12. The number of hydrogen-bond acceptors (Lipinski definition) is 7. The van der Waals surface area contributed by atoms with Crippen molar-refractivity contribution >= 4 is 34.9 Å². The molecule has 0 aromatic carbocycles. The van der Waals surface area contributed by atoms with Crippen molar-refractivity contribution in [1.29, 1.82) is 0 Å². The van der Waals surface area contributed by atoms with Crippen LogP contribution < -0.4 is 10.7 Å². The summed E-state index contributed by atoms with van der Waals surface area (Å²) in [5.41, 5.74) is 3.88. The molecule has 2 aliphatic rings. The fourth-order valence-corrected chi connectivity index (χ4v) is 3.13. The molecule has 3 atom stereocenters. The Hall–Kier alpha value is -2.10. The Bertz CT molecular complexity index is 661. The minimum absolute atomic E-state index is 0.279. The molecule has 1 fully saturated rings. The number of thiocarbonyl (C=S) groups is 1. The molecule has 26 heavy (non-hydrogen) atoms. The number of nitrogens with one attached hydrogen (secondary N) is 2. The topological polar surface area (TPSA) is 108 Å². The van der Waals surface area contributed by atoms with Crippen molar-refractivity contribution in [2.45, 2.75) is 44.3 Å². The maximum absolute atomic E-state index is 12.3. The van der Waals surface area contributed by atoms with E-state index in [-0.39, 0.29) is 18.4 Å². The smallest absolute Gasteiger partial charge is 0.330 e. The van der Waals surface area contributed by atoms with Gasteiger partial charge in [-0.25, -0.2) is 10.2 Å². The predicted octanol–water partition coefficient (Wildman–Crippen LogP) is 0.342. The summed E-state index contributed by atoms with van der Waals surface area (Å²) in [7, 11) is 1.27. The number of carbonyl (C=O) groups is 3. The Labute approximate surface area is 157 Å². The van der Waals surface area contributed by atoms with Crippen LogP contribution in [0.4, 0.5) is 0 Å². The summed E-state index contributed by atoms with van der Waals surface area (Å²) in [6.45, 7) is 1.73. The zero-order chi connectivity index (χ0) is 19.3. The molecule has 9 heteroatoms. The van der Waals surface area contributed by atoms with Gasteiger partial charge in [-0.15, -0.1) is 0 Å². The molecule has 0 bridgehead atoms. The summed E-state index contributed by atoms with van der Waals surface area (Å²) >= 11 is 5.11. The number of ether oxygens (including phenoxy) is 1. The highest BCUT2D eigenvalue weighted by Gasteiger charge is 2.35. The van der Waals surface area contributed by atoms with Gasteiger partial charge in [0.25, 0.3) is 0 Å². The van der Waals surface area contributed by atoms with Gasteiger partial charge in [0.2, 0.25) is 5.91 Å². The number of aliphatic carboxylic acids is 1. The molecule has 0 spiro atoms. The van der Waals surface area contributed by atoms with E-state index in [1.807, 2.05) is 18.2 Å². The number of carbonyl (C=O) groups excluding carboxylic acids is 2. The largest absolute Gasteiger partial charge is 0.480 e. The number of hydrogen-bond donors (Lipinski definition) is 3. The zero-order valence-electron chi connectivity index (χ0n) is 14.7. The maximum atomic E-state index is 12.3. The Morgan fingerprint density at radius 3 is 2.69 bits per heavy atom. The van der Waals surface area contributed by atoms with Crippen LogP contribution in [0.1, 0.15) is 26.2 Å². The van der Waals surface area contributed by atoms with Gasteiger partial charge in [-0.2, -0.15) is 0 Å². The van der Waals surface area contributed by atoms with E-state index in [1.54, 1.807) is 0 Å².